The number of benzene rings is 1. The Hall–Kier alpha value is -2.57. The SMILES string of the molecule is NC(=O)CC(NC(=O)NCCc1ccccc1)C(=O)O. The van der Waals surface area contributed by atoms with E-state index in [-0.39, 0.29) is 0 Å². The summed E-state index contributed by atoms with van der Waals surface area (Å²) in [6.07, 6.45) is 0.184. The minimum absolute atomic E-state index is 0.360. The first-order chi connectivity index (χ1) is 9.49. The first-order valence-corrected chi connectivity index (χ1v) is 6.08. The van der Waals surface area contributed by atoms with E-state index in [1.54, 1.807) is 0 Å². The molecule has 0 heterocycles. The second kappa shape index (κ2) is 7.78. The fraction of sp³-hybridized carbons (Fsp3) is 0.308. The minimum atomic E-state index is -1.32. The van der Waals surface area contributed by atoms with Crippen LogP contribution in [0.15, 0.2) is 30.3 Å². The molecular weight excluding hydrogens is 262 g/mol. The van der Waals surface area contributed by atoms with Gasteiger partial charge in [-0.2, -0.15) is 0 Å². The minimum Gasteiger partial charge on any atom is -0.480 e. The van der Waals surface area contributed by atoms with Crippen LogP contribution < -0.4 is 16.4 Å². The van der Waals surface area contributed by atoms with Gasteiger partial charge in [0.05, 0.1) is 6.42 Å². The van der Waals surface area contributed by atoms with E-state index >= 15 is 0 Å². The Balaban J connectivity index is 2.35. The van der Waals surface area contributed by atoms with Gasteiger partial charge in [0.15, 0.2) is 0 Å². The number of carboxylic acid groups (broad SMARTS) is 1. The van der Waals surface area contributed by atoms with Crippen LogP contribution in [0.2, 0.25) is 0 Å². The Kier molecular flexibility index (Phi) is 6.02. The number of carbonyl (C=O) groups excluding carboxylic acids is 2. The third-order valence-electron chi connectivity index (χ3n) is 2.55. The van der Waals surface area contributed by atoms with Crippen molar-refractivity contribution in [2.45, 2.75) is 18.9 Å². The number of rotatable bonds is 7. The molecule has 0 aliphatic heterocycles. The van der Waals surface area contributed by atoms with Crippen molar-refractivity contribution in [1.29, 1.82) is 0 Å². The zero-order valence-corrected chi connectivity index (χ0v) is 10.8. The zero-order valence-electron chi connectivity index (χ0n) is 10.8. The van der Waals surface area contributed by atoms with Gasteiger partial charge in [-0.15, -0.1) is 0 Å². The number of hydrogen-bond donors (Lipinski definition) is 4. The highest BCUT2D eigenvalue weighted by molar-refractivity contribution is 5.87. The second-order valence-electron chi connectivity index (χ2n) is 4.20. The average Bonchev–Trinajstić information content (AvgIpc) is 2.38. The van der Waals surface area contributed by atoms with E-state index in [4.69, 9.17) is 10.8 Å². The van der Waals surface area contributed by atoms with E-state index in [9.17, 15) is 14.4 Å². The number of aliphatic carboxylic acids is 1. The predicted molar refractivity (Wildman–Crippen MR) is 71.9 cm³/mol. The number of carbonyl (C=O) groups is 3. The highest BCUT2D eigenvalue weighted by atomic mass is 16.4. The number of primary amides is 1. The van der Waals surface area contributed by atoms with Gasteiger partial charge in [-0.05, 0) is 12.0 Å². The van der Waals surface area contributed by atoms with Crippen molar-refractivity contribution in [2.75, 3.05) is 6.54 Å². The van der Waals surface area contributed by atoms with Crippen LogP contribution in [0.1, 0.15) is 12.0 Å². The summed E-state index contributed by atoms with van der Waals surface area (Å²) in [6, 6.07) is 7.56. The predicted octanol–water partition coefficient (Wildman–Crippen LogP) is -0.143. The molecule has 0 aromatic heterocycles. The molecule has 0 aliphatic rings. The average molecular weight is 279 g/mol. The summed E-state index contributed by atoms with van der Waals surface area (Å²) in [5.74, 6) is -2.09. The molecule has 1 atom stereocenters. The van der Waals surface area contributed by atoms with Crippen LogP contribution in [0.3, 0.4) is 0 Å². The summed E-state index contributed by atoms with van der Waals surface area (Å²) >= 11 is 0. The lowest BCUT2D eigenvalue weighted by molar-refractivity contribution is -0.140. The lowest BCUT2D eigenvalue weighted by Crippen LogP contribution is -2.48. The van der Waals surface area contributed by atoms with E-state index in [1.165, 1.54) is 0 Å². The maximum Gasteiger partial charge on any atom is 0.326 e. The Morgan fingerprint density at radius 3 is 2.40 bits per heavy atom. The normalized spacial score (nSPS) is 11.4. The molecule has 1 unspecified atom stereocenters. The highest BCUT2D eigenvalue weighted by Gasteiger charge is 2.21. The molecule has 1 aromatic carbocycles. The zero-order chi connectivity index (χ0) is 15.0. The molecule has 7 heteroatoms. The van der Waals surface area contributed by atoms with Gasteiger partial charge < -0.3 is 21.5 Å². The van der Waals surface area contributed by atoms with E-state index in [0.717, 1.165) is 5.56 Å². The molecule has 0 saturated carbocycles. The third-order valence-corrected chi connectivity index (χ3v) is 2.55. The van der Waals surface area contributed by atoms with Crippen molar-refractivity contribution in [3.63, 3.8) is 0 Å². The molecule has 0 fully saturated rings. The number of nitrogens with two attached hydrogens (primary N) is 1. The summed E-state index contributed by atoms with van der Waals surface area (Å²) in [5, 5.41) is 13.5. The summed E-state index contributed by atoms with van der Waals surface area (Å²) in [6.45, 7) is 0.360. The van der Waals surface area contributed by atoms with E-state index in [2.05, 4.69) is 10.6 Å². The molecule has 3 amide bonds. The Bertz CT molecular complexity index is 476. The Morgan fingerprint density at radius 1 is 1.20 bits per heavy atom. The van der Waals surface area contributed by atoms with Crippen LogP contribution in [0, 0.1) is 0 Å². The molecule has 108 valence electrons. The summed E-state index contributed by atoms with van der Waals surface area (Å²) in [7, 11) is 0. The van der Waals surface area contributed by atoms with Gasteiger partial charge in [-0.3, -0.25) is 4.79 Å². The molecule has 0 spiro atoms. The molecular formula is C13H17N3O4. The van der Waals surface area contributed by atoms with Crippen LogP contribution in [0.25, 0.3) is 0 Å². The summed E-state index contributed by atoms with van der Waals surface area (Å²) in [5.41, 5.74) is 5.96. The number of hydrogen-bond acceptors (Lipinski definition) is 3. The van der Waals surface area contributed by atoms with E-state index in [0.29, 0.717) is 13.0 Å². The molecule has 0 bridgehead atoms. The quantitative estimate of drug-likeness (QED) is 0.554. The molecule has 7 nitrogen and oxygen atoms in total. The first-order valence-electron chi connectivity index (χ1n) is 6.08. The van der Waals surface area contributed by atoms with Crippen LogP contribution >= 0.6 is 0 Å². The van der Waals surface area contributed by atoms with Crippen molar-refractivity contribution >= 4 is 17.9 Å². The highest BCUT2D eigenvalue weighted by Crippen LogP contribution is 1.98. The monoisotopic (exact) mass is 279 g/mol. The summed E-state index contributed by atoms with van der Waals surface area (Å²) < 4.78 is 0. The molecule has 1 rings (SSSR count). The van der Waals surface area contributed by atoms with Crippen molar-refractivity contribution in [1.82, 2.24) is 10.6 Å². The van der Waals surface area contributed by atoms with Crippen molar-refractivity contribution in [3.8, 4) is 0 Å². The van der Waals surface area contributed by atoms with Gasteiger partial charge in [0, 0.05) is 6.54 Å². The van der Waals surface area contributed by atoms with Crippen molar-refractivity contribution in [2.24, 2.45) is 5.73 Å². The second-order valence-corrected chi connectivity index (χ2v) is 4.20. The van der Waals surface area contributed by atoms with Gasteiger partial charge >= 0.3 is 12.0 Å². The maximum atomic E-state index is 11.5. The topological polar surface area (TPSA) is 122 Å². The lowest BCUT2D eigenvalue weighted by atomic mass is 10.1. The standard InChI is InChI=1S/C13H17N3O4/c14-11(17)8-10(12(18)19)16-13(20)15-7-6-9-4-2-1-3-5-9/h1-5,10H,6-8H2,(H2,14,17)(H,18,19)(H2,15,16,20). The molecule has 0 saturated heterocycles. The van der Waals surface area contributed by atoms with Gasteiger partial charge in [0.25, 0.3) is 0 Å². The van der Waals surface area contributed by atoms with Crippen LogP contribution in [0.5, 0.6) is 0 Å². The molecule has 5 N–H and O–H groups in total. The number of amides is 3. The fourth-order valence-corrected chi connectivity index (χ4v) is 1.58. The molecule has 0 radical (unpaired) electrons. The first kappa shape index (κ1) is 15.5. The van der Waals surface area contributed by atoms with Crippen LogP contribution in [-0.4, -0.2) is 35.6 Å². The van der Waals surface area contributed by atoms with Gasteiger partial charge in [0.1, 0.15) is 6.04 Å². The summed E-state index contributed by atoms with van der Waals surface area (Å²) in [4.78, 5) is 33.0. The molecule has 1 aromatic rings. The lowest BCUT2D eigenvalue weighted by Gasteiger charge is -2.13. The molecule has 0 aliphatic carbocycles. The van der Waals surface area contributed by atoms with Crippen LogP contribution in [-0.2, 0) is 16.0 Å². The van der Waals surface area contributed by atoms with Crippen molar-refractivity contribution in [3.05, 3.63) is 35.9 Å². The van der Waals surface area contributed by atoms with Crippen LogP contribution in [0.4, 0.5) is 4.79 Å². The number of nitrogens with one attached hydrogen (secondary N) is 2. The Labute approximate surface area is 116 Å². The smallest absolute Gasteiger partial charge is 0.326 e. The van der Waals surface area contributed by atoms with E-state index < -0.39 is 30.4 Å². The van der Waals surface area contributed by atoms with Gasteiger partial charge in [-0.25, -0.2) is 9.59 Å². The van der Waals surface area contributed by atoms with E-state index in [1.807, 2.05) is 30.3 Å². The largest absolute Gasteiger partial charge is 0.480 e. The van der Waals surface area contributed by atoms with Gasteiger partial charge in [0.2, 0.25) is 5.91 Å². The molecule has 20 heavy (non-hydrogen) atoms. The van der Waals surface area contributed by atoms with Crippen molar-refractivity contribution < 1.29 is 19.5 Å². The fourth-order valence-electron chi connectivity index (χ4n) is 1.58. The number of carboxylic acids is 1. The number of urea groups is 1. The van der Waals surface area contributed by atoms with Gasteiger partial charge in [-0.1, -0.05) is 30.3 Å². The Morgan fingerprint density at radius 2 is 1.85 bits per heavy atom. The maximum absolute atomic E-state index is 11.5. The third kappa shape index (κ3) is 5.85.